The van der Waals surface area contributed by atoms with Gasteiger partial charge in [-0.3, -0.25) is 4.98 Å². The molecule has 18 heavy (non-hydrogen) atoms. The summed E-state index contributed by atoms with van der Waals surface area (Å²) in [4.78, 5) is 29.1. The number of rotatable bonds is 5. The van der Waals surface area contributed by atoms with E-state index in [2.05, 4.69) is 10.3 Å². The molecule has 1 atom stereocenters. The monoisotopic (exact) mass is 271 g/mol. The first-order valence-corrected chi connectivity index (χ1v) is 6.41. The van der Waals surface area contributed by atoms with E-state index in [1.54, 1.807) is 32.6 Å². The molecule has 1 aromatic heterocycles. The lowest BCUT2D eigenvalue weighted by molar-refractivity contribution is -0.140. The first-order valence-electron chi connectivity index (χ1n) is 5.53. The van der Waals surface area contributed by atoms with Gasteiger partial charge in [-0.2, -0.15) is 0 Å². The molecule has 1 heterocycles. The number of carboxylic acids is 1. The predicted octanol–water partition coefficient (Wildman–Crippen LogP) is 1.39. The standard InChI is InChI=1S/C11H17N3O3S/c1-7(2)9(10(15)16)13-11(17)14(3)5-8-4-12-6-18-8/h4,6-7,9H,5H2,1-3H3,(H,13,17)(H,15,16)/t9-/m0/s1. The van der Waals surface area contributed by atoms with Crippen LogP contribution in [0, 0.1) is 5.92 Å². The van der Waals surface area contributed by atoms with Gasteiger partial charge in [0.1, 0.15) is 6.04 Å². The van der Waals surface area contributed by atoms with Crippen LogP contribution in [0.3, 0.4) is 0 Å². The second-order valence-corrected chi connectivity index (χ2v) is 5.30. The molecule has 0 aliphatic rings. The van der Waals surface area contributed by atoms with Crippen LogP contribution in [0.25, 0.3) is 0 Å². The Kier molecular flexibility index (Phi) is 5.08. The average molecular weight is 271 g/mol. The number of nitrogens with zero attached hydrogens (tertiary/aromatic N) is 2. The Balaban J connectivity index is 2.56. The number of nitrogens with one attached hydrogen (secondary N) is 1. The largest absolute Gasteiger partial charge is 0.480 e. The highest BCUT2D eigenvalue weighted by atomic mass is 32.1. The van der Waals surface area contributed by atoms with Gasteiger partial charge in [0, 0.05) is 18.1 Å². The Morgan fingerprint density at radius 1 is 1.56 bits per heavy atom. The quantitative estimate of drug-likeness (QED) is 0.848. The normalized spacial score (nSPS) is 12.2. The van der Waals surface area contributed by atoms with Gasteiger partial charge >= 0.3 is 12.0 Å². The lowest BCUT2D eigenvalue weighted by atomic mass is 10.1. The van der Waals surface area contributed by atoms with Gasteiger partial charge in [-0.25, -0.2) is 9.59 Å². The van der Waals surface area contributed by atoms with Gasteiger partial charge < -0.3 is 15.3 Å². The van der Waals surface area contributed by atoms with Crippen LogP contribution in [-0.2, 0) is 11.3 Å². The highest BCUT2D eigenvalue weighted by molar-refractivity contribution is 7.09. The van der Waals surface area contributed by atoms with E-state index in [-0.39, 0.29) is 5.92 Å². The molecule has 1 aromatic rings. The minimum Gasteiger partial charge on any atom is -0.480 e. The van der Waals surface area contributed by atoms with Crippen molar-refractivity contribution in [1.82, 2.24) is 15.2 Å². The van der Waals surface area contributed by atoms with Crippen molar-refractivity contribution >= 4 is 23.3 Å². The highest BCUT2D eigenvalue weighted by Gasteiger charge is 2.24. The molecule has 0 aromatic carbocycles. The van der Waals surface area contributed by atoms with Crippen molar-refractivity contribution in [3.8, 4) is 0 Å². The van der Waals surface area contributed by atoms with Crippen molar-refractivity contribution in [3.05, 3.63) is 16.6 Å². The van der Waals surface area contributed by atoms with Gasteiger partial charge in [-0.15, -0.1) is 11.3 Å². The van der Waals surface area contributed by atoms with E-state index < -0.39 is 18.0 Å². The van der Waals surface area contributed by atoms with Gasteiger partial charge in [-0.05, 0) is 5.92 Å². The third kappa shape index (κ3) is 3.99. The Morgan fingerprint density at radius 3 is 2.67 bits per heavy atom. The smallest absolute Gasteiger partial charge is 0.326 e. The van der Waals surface area contributed by atoms with E-state index in [4.69, 9.17) is 5.11 Å². The molecular formula is C11H17N3O3S. The first-order chi connectivity index (χ1) is 8.41. The number of aliphatic carboxylic acids is 1. The number of thiazole rings is 1. The third-order valence-corrected chi connectivity index (χ3v) is 3.20. The number of carbonyl (C=O) groups is 2. The molecule has 2 N–H and O–H groups in total. The SMILES string of the molecule is CC(C)[C@H](NC(=O)N(C)Cc1cncs1)C(=O)O. The summed E-state index contributed by atoms with van der Waals surface area (Å²) in [6, 6.07) is -1.27. The van der Waals surface area contributed by atoms with Crippen LogP contribution >= 0.6 is 11.3 Å². The highest BCUT2D eigenvalue weighted by Crippen LogP contribution is 2.09. The van der Waals surface area contributed by atoms with Gasteiger partial charge in [0.05, 0.1) is 12.1 Å². The third-order valence-electron chi connectivity index (χ3n) is 2.43. The number of amides is 2. The van der Waals surface area contributed by atoms with E-state index in [9.17, 15) is 9.59 Å². The number of hydrogen-bond donors (Lipinski definition) is 2. The van der Waals surface area contributed by atoms with E-state index in [0.717, 1.165) is 4.88 Å². The summed E-state index contributed by atoms with van der Waals surface area (Å²) in [5.74, 6) is -1.19. The predicted molar refractivity (Wildman–Crippen MR) is 68.4 cm³/mol. The van der Waals surface area contributed by atoms with Crippen LogP contribution in [0.15, 0.2) is 11.7 Å². The molecule has 0 fully saturated rings. The molecule has 0 saturated carbocycles. The topological polar surface area (TPSA) is 82.5 Å². The number of carboxylic acid groups (broad SMARTS) is 1. The average Bonchev–Trinajstić information content (AvgIpc) is 2.77. The van der Waals surface area contributed by atoms with Crippen molar-refractivity contribution in [2.24, 2.45) is 5.92 Å². The maximum atomic E-state index is 11.8. The molecule has 0 radical (unpaired) electrons. The van der Waals surface area contributed by atoms with Crippen LogP contribution in [0.2, 0.25) is 0 Å². The fourth-order valence-corrected chi connectivity index (χ4v) is 2.03. The van der Waals surface area contributed by atoms with Crippen molar-refractivity contribution in [3.63, 3.8) is 0 Å². The van der Waals surface area contributed by atoms with Crippen molar-refractivity contribution in [2.75, 3.05) is 7.05 Å². The van der Waals surface area contributed by atoms with E-state index in [0.29, 0.717) is 6.54 Å². The van der Waals surface area contributed by atoms with Crippen molar-refractivity contribution in [1.29, 1.82) is 0 Å². The Hall–Kier alpha value is -1.63. The summed E-state index contributed by atoms with van der Waals surface area (Å²) in [6.45, 7) is 3.92. The first kappa shape index (κ1) is 14.4. The van der Waals surface area contributed by atoms with Crippen LogP contribution in [0.5, 0.6) is 0 Å². The zero-order valence-corrected chi connectivity index (χ0v) is 11.4. The lowest BCUT2D eigenvalue weighted by Gasteiger charge is -2.22. The van der Waals surface area contributed by atoms with Crippen molar-refractivity contribution < 1.29 is 14.7 Å². The number of carbonyl (C=O) groups excluding carboxylic acids is 1. The van der Waals surface area contributed by atoms with E-state index in [1.807, 2.05) is 0 Å². The summed E-state index contributed by atoms with van der Waals surface area (Å²) >= 11 is 1.45. The Bertz CT molecular complexity index is 406. The summed E-state index contributed by atoms with van der Waals surface area (Å²) in [6.07, 6.45) is 1.69. The molecule has 6 nitrogen and oxygen atoms in total. The maximum absolute atomic E-state index is 11.8. The fourth-order valence-electron chi connectivity index (χ4n) is 1.38. The summed E-state index contributed by atoms with van der Waals surface area (Å²) in [5, 5.41) is 11.5. The molecule has 100 valence electrons. The zero-order valence-electron chi connectivity index (χ0n) is 10.6. The second kappa shape index (κ2) is 6.34. The minimum atomic E-state index is -1.02. The maximum Gasteiger partial charge on any atom is 0.326 e. The molecule has 0 bridgehead atoms. The van der Waals surface area contributed by atoms with Gasteiger partial charge in [0.2, 0.25) is 0 Å². The van der Waals surface area contributed by atoms with Gasteiger partial charge in [-0.1, -0.05) is 13.8 Å². The number of hydrogen-bond acceptors (Lipinski definition) is 4. The number of aromatic nitrogens is 1. The molecule has 0 spiro atoms. The molecule has 1 rings (SSSR count). The molecule has 2 amide bonds. The molecule has 0 saturated heterocycles. The van der Waals surface area contributed by atoms with E-state index >= 15 is 0 Å². The van der Waals surface area contributed by atoms with Crippen LogP contribution in [0.4, 0.5) is 4.79 Å². The number of urea groups is 1. The summed E-state index contributed by atoms with van der Waals surface area (Å²) in [5.41, 5.74) is 1.69. The van der Waals surface area contributed by atoms with Crippen LogP contribution in [0.1, 0.15) is 18.7 Å². The molecule has 0 unspecified atom stereocenters. The molecule has 7 heteroatoms. The van der Waals surface area contributed by atoms with Gasteiger partial charge in [0.25, 0.3) is 0 Å². The van der Waals surface area contributed by atoms with E-state index in [1.165, 1.54) is 16.2 Å². The summed E-state index contributed by atoms with van der Waals surface area (Å²) < 4.78 is 0. The summed E-state index contributed by atoms with van der Waals surface area (Å²) in [7, 11) is 1.62. The molecule has 0 aliphatic heterocycles. The van der Waals surface area contributed by atoms with Crippen LogP contribution < -0.4 is 5.32 Å². The fraction of sp³-hybridized carbons (Fsp3) is 0.545. The minimum absolute atomic E-state index is 0.164. The Morgan fingerprint density at radius 2 is 2.22 bits per heavy atom. The van der Waals surface area contributed by atoms with Crippen molar-refractivity contribution in [2.45, 2.75) is 26.4 Å². The second-order valence-electron chi connectivity index (χ2n) is 4.33. The lowest BCUT2D eigenvalue weighted by Crippen LogP contribution is -2.48. The van der Waals surface area contributed by atoms with Gasteiger partial charge in [0.15, 0.2) is 0 Å². The molecule has 0 aliphatic carbocycles. The van der Waals surface area contributed by atoms with Crippen LogP contribution in [-0.4, -0.2) is 40.1 Å². The Labute approximate surface area is 110 Å². The zero-order chi connectivity index (χ0) is 13.7. The molecular weight excluding hydrogens is 254 g/mol.